The summed E-state index contributed by atoms with van der Waals surface area (Å²) in [5.41, 5.74) is 0. The third kappa shape index (κ3) is 5.74. The van der Waals surface area contributed by atoms with Crippen LogP contribution in [0.5, 0.6) is 0 Å². The van der Waals surface area contributed by atoms with Crippen molar-refractivity contribution in [3.8, 4) is 0 Å². The summed E-state index contributed by atoms with van der Waals surface area (Å²) in [6.45, 7) is 7.40. The summed E-state index contributed by atoms with van der Waals surface area (Å²) in [5, 5.41) is 0. The zero-order valence-corrected chi connectivity index (χ0v) is 5.69. The van der Waals surface area contributed by atoms with Gasteiger partial charge in [0.1, 0.15) is 0 Å². The fourth-order valence-corrected chi connectivity index (χ4v) is 0.689. The van der Waals surface area contributed by atoms with E-state index < -0.39 is 0 Å². The van der Waals surface area contributed by atoms with Crippen molar-refractivity contribution in [1.82, 2.24) is 0 Å². The SMILES string of the molecule is [CH]=CCCCCCC. The molecule has 0 aromatic carbocycles. The summed E-state index contributed by atoms with van der Waals surface area (Å²) in [7, 11) is 0. The molecule has 0 amide bonds. The Bertz CT molecular complexity index is 46.0. The van der Waals surface area contributed by atoms with Crippen molar-refractivity contribution in [2.75, 3.05) is 0 Å². The van der Waals surface area contributed by atoms with Gasteiger partial charge in [-0.2, -0.15) is 0 Å². The molecule has 0 aliphatic heterocycles. The molecule has 0 saturated heterocycles. The summed E-state index contributed by atoms with van der Waals surface area (Å²) < 4.78 is 0. The van der Waals surface area contributed by atoms with Gasteiger partial charge in [-0.05, 0) is 12.8 Å². The van der Waals surface area contributed by atoms with E-state index in [1.165, 1.54) is 25.7 Å². The first kappa shape index (κ1) is 7.74. The van der Waals surface area contributed by atoms with Crippen LogP contribution in [0.25, 0.3) is 0 Å². The quantitative estimate of drug-likeness (QED) is 0.478. The van der Waals surface area contributed by atoms with Gasteiger partial charge in [0.15, 0.2) is 0 Å². The first-order valence-corrected chi connectivity index (χ1v) is 3.45. The number of allylic oxidation sites excluding steroid dienone is 1. The molecule has 0 aliphatic rings. The molecule has 8 heavy (non-hydrogen) atoms. The van der Waals surface area contributed by atoms with Crippen molar-refractivity contribution in [2.24, 2.45) is 0 Å². The number of unbranched alkanes of at least 4 members (excludes halogenated alkanes) is 4. The Morgan fingerprint density at radius 2 is 2.00 bits per heavy atom. The standard InChI is InChI=1S/C8H15/c1-3-5-7-8-6-4-2/h1,3H,4-8H2,2H3. The Labute approximate surface area is 52.6 Å². The molecule has 0 heterocycles. The van der Waals surface area contributed by atoms with Gasteiger partial charge in [0.2, 0.25) is 0 Å². The Morgan fingerprint density at radius 3 is 2.50 bits per heavy atom. The predicted molar refractivity (Wildman–Crippen MR) is 37.6 cm³/mol. The van der Waals surface area contributed by atoms with Crippen LogP contribution in [0.1, 0.15) is 39.0 Å². The molecule has 0 heteroatoms. The highest BCUT2D eigenvalue weighted by atomic mass is 13.9. The maximum atomic E-state index is 5.19. The van der Waals surface area contributed by atoms with E-state index in [0.29, 0.717) is 0 Å². The fourth-order valence-electron chi connectivity index (χ4n) is 0.689. The van der Waals surface area contributed by atoms with Crippen LogP contribution >= 0.6 is 0 Å². The summed E-state index contributed by atoms with van der Waals surface area (Å²) in [5.74, 6) is 0. The summed E-state index contributed by atoms with van der Waals surface area (Å²) in [6.07, 6.45) is 8.10. The van der Waals surface area contributed by atoms with Crippen molar-refractivity contribution in [2.45, 2.75) is 39.0 Å². The molecule has 0 atom stereocenters. The maximum Gasteiger partial charge on any atom is -0.0348 e. The Morgan fingerprint density at radius 1 is 1.25 bits per heavy atom. The van der Waals surface area contributed by atoms with E-state index >= 15 is 0 Å². The van der Waals surface area contributed by atoms with E-state index in [-0.39, 0.29) is 0 Å². The van der Waals surface area contributed by atoms with Crippen molar-refractivity contribution in [3.05, 3.63) is 12.7 Å². The predicted octanol–water partition coefficient (Wildman–Crippen LogP) is 2.95. The first-order valence-electron chi connectivity index (χ1n) is 3.45. The van der Waals surface area contributed by atoms with Gasteiger partial charge in [-0.15, -0.1) is 0 Å². The third-order valence-corrected chi connectivity index (χ3v) is 1.22. The lowest BCUT2D eigenvalue weighted by Crippen LogP contribution is -1.71. The lowest BCUT2D eigenvalue weighted by atomic mass is 10.2. The van der Waals surface area contributed by atoms with E-state index in [1.807, 2.05) is 0 Å². The van der Waals surface area contributed by atoms with Gasteiger partial charge in [-0.1, -0.05) is 38.8 Å². The van der Waals surface area contributed by atoms with Gasteiger partial charge in [0, 0.05) is 0 Å². The molecule has 0 N–H and O–H groups in total. The first-order chi connectivity index (χ1) is 3.91. The van der Waals surface area contributed by atoms with Gasteiger partial charge in [-0.25, -0.2) is 0 Å². The third-order valence-electron chi connectivity index (χ3n) is 1.22. The molecule has 0 nitrogen and oxygen atoms in total. The van der Waals surface area contributed by atoms with Crippen LogP contribution in [-0.2, 0) is 0 Å². The van der Waals surface area contributed by atoms with Crippen LogP contribution in [0.15, 0.2) is 6.08 Å². The number of rotatable bonds is 5. The van der Waals surface area contributed by atoms with Crippen LogP contribution in [0.2, 0.25) is 0 Å². The molecule has 0 saturated carbocycles. The number of hydrogen-bond donors (Lipinski definition) is 0. The molecule has 0 spiro atoms. The second-order valence-corrected chi connectivity index (χ2v) is 2.09. The minimum Gasteiger partial charge on any atom is -0.0845 e. The molecule has 0 unspecified atom stereocenters. The molecule has 47 valence electrons. The monoisotopic (exact) mass is 111 g/mol. The van der Waals surface area contributed by atoms with Gasteiger partial charge < -0.3 is 0 Å². The largest absolute Gasteiger partial charge is 0.0845 e. The molecule has 0 aliphatic carbocycles. The number of hydrogen-bond acceptors (Lipinski definition) is 0. The van der Waals surface area contributed by atoms with Gasteiger partial charge >= 0.3 is 0 Å². The van der Waals surface area contributed by atoms with Crippen LogP contribution in [0.3, 0.4) is 0 Å². The lowest BCUT2D eigenvalue weighted by Gasteiger charge is -1.91. The Kier molecular flexibility index (Phi) is 6.52. The van der Waals surface area contributed by atoms with E-state index in [4.69, 9.17) is 6.58 Å². The zero-order chi connectivity index (χ0) is 6.24. The second kappa shape index (κ2) is 6.74. The molecular weight excluding hydrogens is 96.1 g/mol. The molecule has 1 radical (unpaired) electrons. The van der Waals surface area contributed by atoms with Crippen LogP contribution in [0.4, 0.5) is 0 Å². The molecular formula is C8H15. The Balaban J connectivity index is 2.62. The van der Waals surface area contributed by atoms with Crippen molar-refractivity contribution >= 4 is 0 Å². The van der Waals surface area contributed by atoms with E-state index in [0.717, 1.165) is 6.42 Å². The van der Waals surface area contributed by atoms with Crippen molar-refractivity contribution < 1.29 is 0 Å². The van der Waals surface area contributed by atoms with E-state index in [9.17, 15) is 0 Å². The molecule has 0 aromatic heterocycles. The normalized spacial score (nSPS) is 9.12. The second-order valence-electron chi connectivity index (χ2n) is 2.09. The van der Waals surface area contributed by atoms with Crippen LogP contribution in [-0.4, -0.2) is 0 Å². The zero-order valence-electron chi connectivity index (χ0n) is 5.69. The average Bonchev–Trinajstić information content (AvgIpc) is 1.81. The highest BCUT2D eigenvalue weighted by molar-refractivity contribution is 4.61. The minimum atomic E-state index is 1.08. The highest BCUT2D eigenvalue weighted by Crippen LogP contribution is 2.01. The smallest absolute Gasteiger partial charge is 0.0348 e. The van der Waals surface area contributed by atoms with Gasteiger partial charge in [-0.3, -0.25) is 0 Å². The van der Waals surface area contributed by atoms with E-state index in [2.05, 4.69) is 6.92 Å². The minimum absolute atomic E-state index is 1.08. The molecule has 0 bridgehead atoms. The topological polar surface area (TPSA) is 0 Å². The lowest BCUT2D eigenvalue weighted by molar-refractivity contribution is 0.674. The molecule has 0 fully saturated rings. The van der Waals surface area contributed by atoms with Crippen LogP contribution in [0, 0.1) is 6.58 Å². The highest BCUT2D eigenvalue weighted by Gasteiger charge is 1.81. The maximum absolute atomic E-state index is 5.19. The summed E-state index contributed by atoms with van der Waals surface area (Å²) in [4.78, 5) is 0. The van der Waals surface area contributed by atoms with E-state index in [1.54, 1.807) is 6.08 Å². The average molecular weight is 111 g/mol. The Hall–Kier alpha value is -0.260. The van der Waals surface area contributed by atoms with Crippen LogP contribution < -0.4 is 0 Å². The molecule has 0 rings (SSSR count). The van der Waals surface area contributed by atoms with Gasteiger partial charge in [0.05, 0.1) is 0 Å². The van der Waals surface area contributed by atoms with Crippen molar-refractivity contribution in [3.63, 3.8) is 0 Å². The fraction of sp³-hybridized carbons (Fsp3) is 0.750. The summed E-state index contributed by atoms with van der Waals surface area (Å²) >= 11 is 0. The van der Waals surface area contributed by atoms with Gasteiger partial charge in [0.25, 0.3) is 0 Å². The summed E-state index contributed by atoms with van der Waals surface area (Å²) in [6, 6.07) is 0. The van der Waals surface area contributed by atoms with Crippen molar-refractivity contribution in [1.29, 1.82) is 0 Å². The molecule has 0 aromatic rings.